The van der Waals surface area contributed by atoms with Gasteiger partial charge in [-0.15, -0.1) is 0 Å². The molecule has 0 bridgehead atoms. The molecule has 0 aromatic carbocycles. The Morgan fingerprint density at radius 1 is 1.37 bits per heavy atom. The number of rotatable bonds is 8. The topological polar surface area (TPSA) is 37.4 Å². The van der Waals surface area contributed by atoms with Crippen LogP contribution in [0.5, 0.6) is 5.88 Å². The van der Waals surface area contributed by atoms with Crippen molar-refractivity contribution in [1.82, 2.24) is 15.2 Å². The van der Waals surface area contributed by atoms with Crippen LogP contribution in [0.4, 0.5) is 0 Å². The molecule has 4 nitrogen and oxygen atoms in total. The molecule has 4 heteroatoms. The maximum Gasteiger partial charge on any atom is 0.213 e. The fourth-order valence-corrected chi connectivity index (χ4v) is 2.33. The predicted molar refractivity (Wildman–Crippen MR) is 77.4 cm³/mol. The third kappa shape index (κ3) is 5.17. The first-order chi connectivity index (χ1) is 9.38. The molecule has 0 saturated carbocycles. The number of likely N-dealkylation sites (tertiary alicyclic amines) is 1. The Bertz CT molecular complexity index is 364. The summed E-state index contributed by atoms with van der Waals surface area (Å²) in [7, 11) is 0. The Balaban J connectivity index is 1.71. The molecule has 1 N–H and O–H groups in total. The van der Waals surface area contributed by atoms with Crippen LogP contribution in [0.15, 0.2) is 18.3 Å². The number of aromatic nitrogens is 1. The van der Waals surface area contributed by atoms with Crippen molar-refractivity contribution >= 4 is 0 Å². The molecular weight excluding hydrogens is 238 g/mol. The molecule has 1 saturated heterocycles. The SMILES string of the molecule is CCCNCc1ccnc(OCCN2CCCC2)c1. The minimum absolute atomic E-state index is 0.735. The second-order valence-electron chi connectivity index (χ2n) is 5.08. The van der Waals surface area contributed by atoms with Crippen molar-refractivity contribution in [1.29, 1.82) is 0 Å². The van der Waals surface area contributed by atoms with Crippen LogP contribution in [0.1, 0.15) is 31.7 Å². The zero-order chi connectivity index (χ0) is 13.3. The first kappa shape index (κ1) is 14.3. The third-order valence-corrected chi connectivity index (χ3v) is 3.41. The summed E-state index contributed by atoms with van der Waals surface area (Å²) in [6.07, 6.45) is 5.64. The number of nitrogens with one attached hydrogen (secondary N) is 1. The van der Waals surface area contributed by atoms with Gasteiger partial charge in [0.2, 0.25) is 5.88 Å². The van der Waals surface area contributed by atoms with Gasteiger partial charge in [-0.1, -0.05) is 6.92 Å². The van der Waals surface area contributed by atoms with Crippen molar-refractivity contribution in [3.8, 4) is 5.88 Å². The minimum Gasteiger partial charge on any atom is -0.476 e. The van der Waals surface area contributed by atoms with Crippen LogP contribution in [0.2, 0.25) is 0 Å². The van der Waals surface area contributed by atoms with E-state index in [0.29, 0.717) is 0 Å². The summed E-state index contributed by atoms with van der Waals surface area (Å²) >= 11 is 0. The molecule has 2 heterocycles. The number of pyridine rings is 1. The Kier molecular flexibility index (Phi) is 6.11. The zero-order valence-electron chi connectivity index (χ0n) is 11.9. The maximum atomic E-state index is 5.73. The van der Waals surface area contributed by atoms with Gasteiger partial charge in [-0.05, 0) is 50.5 Å². The van der Waals surface area contributed by atoms with Crippen molar-refractivity contribution in [2.75, 3.05) is 32.8 Å². The summed E-state index contributed by atoms with van der Waals surface area (Å²) in [5.41, 5.74) is 1.24. The quantitative estimate of drug-likeness (QED) is 0.729. The molecule has 0 amide bonds. The van der Waals surface area contributed by atoms with Gasteiger partial charge in [0.25, 0.3) is 0 Å². The van der Waals surface area contributed by atoms with E-state index in [0.717, 1.165) is 38.5 Å². The lowest BCUT2D eigenvalue weighted by Crippen LogP contribution is -2.25. The average molecular weight is 263 g/mol. The van der Waals surface area contributed by atoms with Crippen LogP contribution in [-0.2, 0) is 6.54 Å². The van der Waals surface area contributed by atoms with E-state index in [4.69, 9.17) is 4.74 Å². The van der Waals surface area contributed by atoms with E-state index in [1.165, 1.54) is 31.5 Å². The molecule has 0 unspecified atom stereocenters. The number of hydrogen-bond acceptors (Lipinski definition) is 4. The molecule has 2 rings (SSSR count). The van der Waals surface area contributed by atoms with Gasteiger partial charge in [0.05, 0.1) is 0 Å². The second kappa shape index (κ2) is 8.12. The standard InChI is InChI=1S/C15H25N3O/c1-2-6-16-13-14-5-7-17-15(12-14)19-11-10-18-8-3-4-9-18/h5,7,12,16H,2-4,6,8-11,13H2,1H3. The smallest absolute Gasteiger partial charge is 0.213 e. The van der Waals surface area contributed by atoms with Crippen LogP contribution in [-0.4, -0.2) is 42.7 Å². The summed E-state index contributed by atoms with van der Waals surface area (Å²) in [5, 5.41) is 3.39. The fourth-order valence-electron chi connectivity index (χ4n) is 2.33. The number of nitrogens with zero attached hydrogens (tertiary/aromatic N) is 2. The van der Waals surface area contributed by atoms with E-state index in [1.807, 2.05) is 18.3 Å². The first-order valence-corrected chi connectivity index (χ1v) is 7.39. The predicted octanol–water partition coefficient (Wildman–Crippen LogP) is 2.06. The van der Waals surface area contributed by atoms with Crippen LogP contribution >= 0.6 is 0 Å². The van der Waals surface area contributed by atoms with Crippen LogP contribution in [0.25, 0.3) is 0 Å². The second-order valence-corrected chi connectivity index (χ2v) is 5.08. The molecule has 106 valence electrons. The average Bonchev–Trinajstić information content (AvgIpc) is 2.93. The summed E-state index contributed by atoms with van der Waals surface area (Å²) in [5.74, 6) is 0.745. The third-order valence-electron chi connectivity index (χ3n) is 3.41. The lowest BCUT2D eigenvalue weighted by molar-refractivity contribution is 0.232. The van der Waals surface area contributed by atoms with Gasteiger partial charge in [0, 0.05) is 25.4 Å². The molecule has 0 radical (unpaired) electrons. The Hall–Kier alpha value is -1.13. The van der Waals surface area contributed by atoms with E-state index in [2.05, 4.69) is 22.1 Å². The highest BCUT2D eigenvalue weighted by Gasteiger charge is 2.10. The summed E-state index contributed by atoms with van der Waals surface area (Å²) < 4.78 is 5.73. The molecule has 0 aliphatic carbocycles. The largest absolute Gasteiger partial charge is 0.476 e. The van der Waals surface area contributed by atoms with Crippen molar-refractivity contribution in [2.45, 2.75) is 32.7 Å². The van der Waals surface area contributed by atoms with Gasteiger partial charge >= 0.3 is 0 Å². The summed E-state index contributed by atoms with van der Waals surface area (Å²) in [6.45, 7) is 8.30. The first-order valence-electron chi connectivity index (χ1n) is 7.39. The van der Waals surface area contributed by atoms with Gasteiger partial charge < -0.3 is 10.1 Å². The Labute approximate surface area is 116 Å². The monoisotopic (exact) mass is 263 g/mol. The molecule has 0 atom stereocenters. The minimum atomic E-state index is 0.735. The van der Waals surface area contributed by atoms with Gasteiger partial charge in [-0.3, -0.25) is 4.90 Å². The summed E-state index contributed by atoms with van der Waals surface area (Å²) in [6, 6.07) is 4.07. The lowest BCUT2D eigenvalue weighted by Gasteiger charge is -2.14. The number of ether oxygens (including phenoxy) is 1. The normalized spacial score (nSPS) is 15.8. The molecular formula is C15H25N3O. The highest BCUT2D eigenvalue weighted by Crippen LogP contribution is 2.10. The number of hydrogen-bond donors (Lipinski definition) is 1. The molecule has 1 aliphatic rings. The van der Waals surface area contributed by atoms with Gasteiger partial charge in [0.15, 0.2) is 0 Å². The van der Waals surface area contributed by atoms with Crippen molar-refractivity contribution in [3.05, 3.63) is 23.9 Å². The molecule has 1 aromatic heterocycles. The molecule has 1 fully saturated rings. The maximum absolute atomic E-state index is 5.73. The van der Waals surface area contributed by atoms with Gasteiger partial charge in [0.1, 0.15) is 6.61 Å². The molecule has 0 spiro atoms. The fraction of sp³-hybridized carbons (Fsp3) is 0.667. The van der Waals surface area contributed by atoms with Crippen LogP contribution in [0, 0.1) is 0 Å². The van der Waals surface area contributed by atoms with E-state index < -0.39 is 0 Å². The van der Waals surface area contributed by atoms with E-state index in [-0.39, 0.29) is 0 Å². The van der Waals surface area contributed by atoms with E-state index in [1.54, 1.807) is 0 Å². The Morgan fingerprint density at radius 3 is 3.00 bits per heavy atom. The van der Waals surface area contributed by atoms with Gasteiger partial charge in [-0.2, -0.15) is 0 Å². The highest BCUT2D eigenvalue weighted by atomic mass is 16.5. The van der Waals surface area contributed by atoms with Crippen molar-refractivity contribution in [3.63, 3.8) is 0 Å². The van der Waals surface area contributed by atoms with Crippen molar-refractivity contribution in [2.24, 2.45) is 0 Å². The van der Waals surface area contributed by atoms with Crippen LogP contribution in [0.3, 0.4) is 0 Å². The lowest BCUT2D eigenvalue weighted by atomic mass is 10.2. The zero-order valence-corrected chi connectivity index (χ0v) is 11.9. The molecule has 1 aliphatic heterocycles. The molecule has 19 heavy (non-hydrogen) atoms. The molecule has 1 aromatic rings. The highest BCUT2D eigenvalue weighted by molar-refractivity contribution is 5.20. The summed E-state index contributed by atoms with van der Waals surface area (Å²) in [4.78, 5) is 6.71. The van der Waals surface area contributed by atoms with E-state index >= 15 is 0 Å². The van der Waals surface area contributed by atoms with Crippen molar-refractivity contribution < 1.29 is 4.74 Å². The Morgan fingerprint density at radius 2 is 2.21 bits per heavy atom. The van der Waals surface area contributed by atoms with Gasteiger partial charge in [-0.25, -0.2) is 4.98 Å². The van der Waals surface area contributed by atoms with E-state index in [9.17, 15) is 0 Å². The van der Waals surface area contributed by atoms with Crippen LogP contribution < -0.4 is 10.1 Å².